The van der Waals surface area contributed by atoms with Crippen LogP contribution in [0.2, 0.25) is 0 Å². The van der Waals surface area contributed by atoms with Gasteiger partial charge in [0.1, 0.15) is 0 Å². The molecule has 0 unspecified atom stereocenters. The molecule has 0 heterocycles. The number of unbranched alkanes of at least 4 members (excludes halogenated alkanes) is 1. The zero-order valence-electron chi connectivity index (χ0n) is 27.7. The van der Waals surface area contributed by atoms with Crippen LogP contribution in [-0.4, -0.2) is 34.7 Å². The number of benzene rings is 1. The predicted octanol–water partition coefficient (Wildman–Crippen LogP) is 8.59. The first-order valence-electron chi connectivity index (χ1n) is 17.7. The second-order valence-electron chi connectivity index (χ2n) is 14.9. The van der Waals surface area contributed by atoms with E-state index in [-0.39, 0.29) is 35.4 Å². The summed E-state index contributed by atoms with van der Waals surface area (Å²) in [5.41, 5.74) is 7.00. The highest BCUT2D eigenvalue weighted by Crippen LogP contribution is 2.39. The maximum Gasteiger partial charge on any atom is 0.254 e. The van der Waals surface area contributed by atoms with Gasteiger partial charge in [-0.1, -0.05) is 53.9 Å². The number of hydrogen-bond acceptors (Lipinski definition) is 3. The molecule has 6 heteroatoms. The van der Waals surface area contributed by atoms with E-state index in [1.54, 1.807) is 18.2 Å². The van der Waals surface area contributed by atoms with Gasteiger partial charge in [0.15, 0.2) is 0 Å². The number of anilines is 1. The molecular formula is C37H59N3O3. The van der Waals surface area contributed by atoms with Gasteiger partial charge in [-0.2, -0.15) is 0 Å². The van der Waals surface area contributed by atoms with Crippen LogP contribution in [0.1, 0.15) is 152 Å². The molecule has 6 nitrogen and oxygen atoms in total. The van der Waals surface area contributed by atoms with Crippen molar-refractivity contribution >= 4 is 23.4 Å². The summed E-state index contributed by atoms with van der Waals surface area (Å²) < 4.78 is 0. The quantitative estimate of drug-likeness (QED) is 0.269. The normalized spacial score (nSPS) is 28.1. The van der Waals surface area contributed by atoms with E-state index in [4.69, 9.17) is 5.73 Å². The first-order valence-corrected chi connectivity index (χ1v) is 17.7. The smallest absolute Gasteiger partial charge is 0.254 e. The average molecular weight is 594 g/mol. The van der Waals surface area contributed by atoms with Crippen LogP contribution in [0.15, 0.2) is 18.2 Å². The van der Waals surface area contributed by atoms with Gasteiger partial charge in [0.2, 0.25) is 11.8 Å². The van der Waals surface area contributed by atoms with Gasteiger partial charge in [-0.3, -0.25) is 14.4 Å². The molecule has 0 atom stereocenters. The molecule has 43 heavy (non-hydrogen) atoms. The van der Waals surface area contributed by atoms with Gasteiger partial charge in [0.05, 0.1) is 0 Å². The number of nitrogens with one attached hydrogen (secondary N) is 1. The van der Waals surface area contributed by atoms with Crippen LogP contribution < -0.4 is 11.1 Å². The van der Waals surface area contributed by atoms with E-state index in [2.05, 4.69) is 44.8 Å². The molecule has 0 aliphatic heterocycles. The summed E-state index contributed by atoms with van der Waals surface area (Å²) in [7, 11) is 0. The zero-order chi connectivity index (χ0) is 31.1. The van der Waals surface area contributed by atoms with E-state index in [9.17, 15) is 14.4 Å². The summed E-state index contributed by atoms with van der Waals surface area (Å²) in [5.74, 6) is 2.84. The van der Waals surface area contributed by atoms with Crippen LogP contribution in [0, 0.1) is 35.5 Å². The monoisotopic (exact) mass is 593 g/mol. The summed E-state index contributed by atoms with van der Waals surface area (Å²) in [6.45, 7) is 11.5. The fraction of sp³-hybridized carbons (Fsp3) is 0.757. The van der Waals surface area contributed by atoms with Crippen LogP contribution in [0.5, 0.6) is 0 Å². The Morgan fingerprint density at radius 1 is 0.767 bits per heavy atom. The SMILES string of the molecule is CCCCC1CCC(C(=O)Nc2cc(C(N)=O)cc(C(=O)N(C3CCC(C(C)C)CC3)C3CCC(C(C)C)CC3)c2)CC1. The average Bonchev–Trinajstić information content (AvgIpc) is 3.00. The summed E-state index contributed by atoms with van der Waals surface area (Å²) in [6.07, 6.45) is 16.4. The van der Waals surface area contributed by atoms with Crippen LogP contribution in [0.4, 0.5) is 5.69 Å². The van der Waals surface area contributed by atoms with Crippen molar-refractivity contribution < 1.29 is 14.4 Å². The number of carbonyl (C=O) groups is 3. The highest BCUT2D eigenvalue weighted by molar-refractivity contribution is 6.02. The molecule has 3 saturated carbocycles. The second kappa shape index (κ2) is 15.6. The molecule has 0 bridgehead atoms. The summed E-state index contributed by atoms with van der Waals surface area (Å²) in [4.78, 5) is 42.4. The van der Waals surface area contributed by atoms with Gasteiger partial charge in [-0.05, 0) is 125 Å². The Bertz CT molecular complexity index is 1050. The summed E-state index contributed by atoms with van der Waals surface area (Å²) in [5, 5.41) is 3.08. The second-order valence-corrected chi connectivity index (χ2v) is 14.9. The topological polar surface area (TPSA) is 92.5 Å². The molecule has 0 radical (unpaired) electrons. The number of nitrogens with zero attached hydrogens (tertiary/aromatic N) is 1. The van der Waals surface area contributed by atoms with Gasteiger partial charge in [0, 0.05) is 34.8 Å². The van der Waals surface area contributed by atoms with E-state index in [1.807, 2.05) is 0 Å². The Balaban J connectivity index is 1.53. The molecule has 0 aromatic heterocycles. The Hall–Kier alpha value is -2.37. The van der Waals surface area contributed by atoms with Gasteiger partial charge in [0.25, 0.3) is 5.91 Å². The van der Waals surface area contributed by atoms with Crippen LogP contribution in [0.3, 0.4) is 0 Å². The molecule has 1 aromatic rings. The number of amides is 3. The Labute approximate surface area is 261 Å². The largest absolute Gasteiger partial charge is 0.366 e. The third kappa shape index (κ3) is 8.85. The van der Waals surface area contributed by atoms with Crippen molar-refractivity contribution in [1.29, 1.82) is 0 Å². The molecule has 3 amide bonds. The predicted molar refractivity (Wildman–Crippen MR) is 176 cm³/mol. The van der Waals surface area contributed by atoms with Gasteiger partial charge >= 0.3 is 0 Å². The molecular weight excluding hydrogens is 534 g/mol. The molecule has 3 aliphatic rings. The third-order valence-electron chi connectivity index (χ3n) is 11.3. The van der Waals surface area contributed by atoms with E-state index in [0.29, 0.717) is 34.9 Å². The van der Waals surface area contributed by atoms with Gasteiger partial charge in [-0.15, -0.1) is 0 Å². The lowest BCUT2D eigenvalue weighted by molar-refractivity contribution is -0.121. The minimum absolute atomic E-state index is 0.00941. The Morgan fingerprint density at radius 3 is 1.74 bits per heavy atom. The van der Waals surface area contributed by atoms with Crippen LogP contribution in [-0.2, 0) is 4.79 Å². The molecule has 3 fully saturated rings. The fourth-order valence-corrected chi connectivity index (χ4v) is 8.29. The van der Waals surface area contributed by atoms with Crippen molar-refractivity contribution in [2.75, 3.05) is 5.32 Å². The minimum Gasteiger partial charge on any atom is -0.366 e. The highest BCUT2D eigenvalue weighted by Gasteiger charge is 2.37. The number of primary amides is 1. The maximum absolute atomic E-state index is 14.5. The van der Waals surface area contributed by atoms with Crippen molar-refractivity contribution in [3.05, 3.63) is 29.3 Å². The molecule has 3 N–H and O–H groups in total. The van der Waals surface area contributed by atoms with Gasteiger partial charge in [-0.25, -0.2) is 0 Å². The number of hydrogen-bond donors (Lipinski definition) is 2. The van der Waals surface area contributed by atoms with Gasteiger partial charge < -0.3 is 16.0 Å². The molecule has 0 spiro atoms. The third-order valence-corrected chi connectivity index (χ3v) is 11.3. The van der Waals surface area contributed by atoms with Crippen molar-refractivity contribution in [2.24, 2.45) is 41.2 Å². The van der Waals surface area contributed by atoms with E-state index < -0.39 is 5.91 Å². The lowest BCUT2D eigenvalue weighted by atomic mass is 9.76. The van der Waals surface area contributed by atoms with E-state index >= 15 is 0 Å². The number of carbonyl (C=O) groups excluding carboxylic acids is 3. The van der Waals surface area contributed by atoms with Crippen molar-refractivity contribution in [3.63, 3.8) is 0 Å². The Kier molecular flexibility index (Phi) is 12.1. The summed E-state index contributed by atoms with van der Waals surface area (Å²) >= 11 is 0. The van der Waals surface area contributed by atoms with Crippen molar-refractivity contribution in [1.82, 2.24) is 4.90 Å². The first-order chi connectivity index (χ1) is 20.6. The van der Waals surface area contributed by atoms with Crippen molar-refractivity contribution in [2.45, 2.75) is 143 Å². The zero-order valence-corrected chi connectivity index (χ0v) is 27.7. The highest BCUT2D eigenvalue weighted by atomic mass is 16.2. The molecule has 3 aliphatic carbocycles. The van der Waals surface area contributed by atoms with Crippen molar-refractivity contribution in [3.8, 4) is 0 Å². The standard InChI is InChI=1S/C37H59N3O3/c1-6-7-8-26-9-11-29(12-10-26)36(42)39-32-22-30(35(38)41)21-31(23-32)37(43)40(33-17-13-27(14-18-33)24(2)3)34-19-15-28(16-20-34)25(4)5/h21-29,33-34H,6-20H2,1-5H3,(H2,38,41)(H,39,42). The summed E-state index contributed by atoms with van der Waals surface area (Å²) in [6, 6.07) is 5.48. The van der Waals surface area contributed by atoms with E-state index in [1.165, 1.54) is 19.3 Å². The molecule has 1 aromatic carbocycles. The maximum atomic E-state index is 14.5. The van der Waals surface area contributed by atoms with Crippen LogP contribution >= 0.6 is 0 Å². The minimum atomic E-state index is -0.581. The van der Waals surface area contributed by atoms with E-state index in [0.717, 1.165) is 83.0 Å². The lowest BCUT2D eigenvalue weighted by Crippen LogP contribution is -2.50. The lowest BCUT2D eigenvalue weighted by Gasteiger charge is -2.45. The molecule has 0 saturated heterocycles. The van der Waals surface area contributed by atoms with Crippen LogP contribution in [0.25, 0.3) is 0 Å². The fourth-order valence-electron chi connectivity index (χ4n) is 8.29. The Morgan fingerprint density at radius 2 is 1.28 bits per heavy atom. The molecule has 240 valence electrons. The molecule has 4 rings (SSSR count). The number of nitrogens with two attached hydrogens (primary N) is 1. The number of rotatable bonds is 11. The first kappa shape index (κ1) is 33.5.